The first-order valence-corrected chi connectivity index (χ1v) is 34.9. The third kappa shape index (κ3) is 23.2. The molecule has 3 atom stereocenters. The van der Waals surface area contributed by atoms with Gasteiger partial charge in [0.2, 0.25) is 0 Å². The summed E-state index contributed by atoms with van der Waals surface area (Å²) in [5.74, 6) is -10.8. The van der Waals surface area contributed by atoms with Gasteiger partial charge in [-0.1, -0.05) is 0 Å². The van der Waals surface area contributed by atoms with Gasteiger partial charge < -0.3 is 97.8 Å². The number of rotatable bonds is 31. The molecule has 494 valence electrons. The third-order valence-corrected chi connectivity index (χ3v) is 21.4. The summed E-state index contributed by atoms with van der Waals surface area (Å²) in [5.41, 5.74) is -3.81. The SMILES string of the molecule is CC(=O)OCC(=O)Nc1c(I)c(C(=O)NCC(O)CO)c(I)c(C(=O)NCC(CO)(CNC(=O)c2c(I)c(NC(=O)COC(C)=O)c(I)c(C(=O)NCC(O)CO)c2I)CNC(=O)c2c(I)c(NC(=O)COC(C)=O)c(I)c(C(=O)NCC(O)CO)c2I)c1I. The van der Waals surface area contributed by atoms with Gasteiger partial charge in [-0.05, 0) is 203 Å². The lowest BCUT2D eigenvalue weighted by atomic mass is 9.87. The van der Waals surface area contributed by atoms with Gasteiger partial charge >= 0.3 is 17.9 Å². The van der Waals surface area contributed by atoms with Gasteiger partial charge in [-0.15, -0.1) is 0 Å². The van der Waals surface area contributed by atoms with Crippen LogP contribution >= 0.6 is 203 Å². The Morgan fingerprint density at radius 1 is 0.356 bits per heavy atom. The molecular weight excluding hydrogens is 2220 g/mol. The lowest BCUT2D eigenvalue weighted by Gasteiger charge is -2.33. The van der Waals surface area contributed by atoms with E-state index in [1.807, 2.05) is 0 Å². The number of aliphatic hydroxyl groups excluding tert-OH is 7. The molecule has 0 saturated carbocycles. The number of halogens is 9. The average Bonchev–Trinajstić information content (AvgIpc) is 0.795. The van der Waals surface area contributed by atoms with Crippen molar-refractivity contribution in [3.8, 4) is 0 Å². The molecule has 90 heavy (non-hydrogen) atoms. The lowest BCUT2D eigenvalue weighted by molar-refractivity contribution is -0.145. The molecule has 0 aromatic heterocycles. The molecule has 40 heteroatoms. The van der Waals surface area contributed by atoms with E-state index in [9.17, 15) is 93.3 Å². The molecule has 3 aromatic rings. The Morgan fingerprint density at radius 3 is 0.733 bits per heavy atom. The van der Waals surface area contributed by atoms with Crippen molar-refractivity contribution in [2.75, 3.05) is 101 Å². The molecule has 0 fully saturated rings. The van der Waals surface area contributed by atoms with Crippen molar-refractivity contribution in [2.24, 2.45) is 5.41 Å². The smallest absolute Gasteiger partial charge is 0.303 e. The van der Waals surface area contributed by atoms with E-state index in [1.165, 1.54) is 0 Å². The van der Waals surface area contributed by atoms with Crippen molar-refractivity contribution in [3.05, 3.63) is 65.5 Å². The first-order valence-electron chi connectivity index (χ1n) is 25.2. The third-order valence-electron chi connectivity index (χ3n) is 11.7. The van der Waals surface area contributed by atoms with Crippen LogP contribution in [-0.4, -0.2) is 211 Å². The largest absolute Gasteiger partial charge is 0.456 e. The number of carbonyl (C=O) groups is 12. The Kier molecular flexibility index (Phi) is 35.4. The van der Waals surface area contributed by atoms with Gasteiger partial charge in [0.25, 0.3) is 53.2 Å². The van der Waals surface area contributed by atoms with E-state index in [0.717, 1.165) is 20.8 Å². The number of carbonyl (C=O) groups excluding carboxylic acids is 12. The summed E-state index contributed by atoms with van der Waals surface area (Å²) < 4.78 is 14.6. The van der Waals surface area contributed by atoms with E-state index >= 15 is 0 Å². The predicted molar refractivity (Wildman–Crippen MR) is 392 cm³/mol. The summed E-state index contributed by atoms with van der Waals surface area (Å²) in [6.45, 7) is -5.99. The Bertz CT molecular complexity index is 2990. The molecule has 0 heterocycles. The van der Waals surface area contributed by atoms with Gasteiger partial charge in [0.15, 0.2) is 19.8 Å². The Labute approximate surface area is 633 Å². The number of anilines is 3. The fraction of sp³-hybridized carbons (Fsp3) is 0.400. The maximum Gasteiger partial charge on any atom is 0.303 e. The zero-order valence-electron chi connectivity index (χ0n) is 46.6. The van der Waals surface area contributed by atoms with E-state index in [1.54, 1.807) is 203 Å². The second kappa shape index (κ2) is 39.0. The fourth-order valence-corrected chi connectivity index (χ4v) is 20.3. The highest BCUT2D eigenvalue weighted by molar-refractivity contribution is 14.1. The number of nitrogens with one attached hydrogen (secondary N) is 9. The highest BCUT2D eigenvalue weighted by Crippen LogP contribution is 2.39. The fourth-order valence-electron chi connectivity index (χ4n) is 7.06. The van der Waals surface area contributed by atoms with Crippen molar-refractivity contribution in [1.82, 2.24) is 31.9 Å². The summed E-state index contributed by atoms with van der Waals surface area (Å²) in [6, 6.07) is 0. The van der Waals surface area contributed by atoms with Gasteiger partial charge in [-0.2, -0.15) is 0 Å². The number of hydrogen-bond acceptors (Lipinski definition) is 22. The molecule has 0 aliphatic carbocycles. The molecule has 0 saturated heterocycles. The molecule has 3 aromatic carbocycles. The first kappa shape index (κ1) is 81.8. The van der Waals surface area contributed by atoms with Crippen molar-refractivity contribution < 1.29 is 107 Å². The van der Waals surface area contributed by atoms with Crippen LogP contribution in [0.5, 0.6) is 0 Å². The van der Waals surface area contributed by atoms with Crippen LogP contribution in [0, 0.1) is 37.5 Å². The second-order valence-corrected chi connectivity index (χ2v) is 28.2. The summed E-state index contributed by atoms with van der Waals surface area (Å²) in [6.07, 6.45) is -4.24. The summed E-state index contributed by atoms with van der Waals surface area (Å²) in [5, 5.41) is 93.1. The zero-order chi connectivity index (χ0) is 68.2. The van der Waals surface area contributed by atoms with Crippen LogP contribution in [0.1, 0.15) is 82.9 Å². The van der Waals surface area contributed by atoms with Crippen molar-refractivity contribution in [3.63, 3.8) is 0 Å². The number of benzene rings is 3. The molecule has 0 bridgehead atoms. The standard InChI is InChI=1S/C50H54I9N9O22/c1-17(73)88-10-23(79)66-41-35(54)26(44(82)60-4-20(76)7-69)32(51)29(38(41)57)47(85)63-13-50(16-72,14-64-48(86)30-33(52)27(45(83)61-5-21(77)8-70)36(55)42(39(30)58)67-24(80)11-89-18(2)74)15-65-49(87)31-34(53)28(46(84)62-6-22(78)9-71)37(56)43(40(31)59)68-25(81)12-90-19(3)75/h20-22,69-72,76-78H,4-16H2,1-3H3,(H,60,82)(H,61,83)(H,62,84)(H,63,85)(H,64,86)(H,65,87)(H,66,79)(H,67,80)(H,68,81). The molecule has 0 aliphatic rings. The average molecular weight is 2280 g/mol. The Hall–Kier alpha value is -2.41. The van der Waals surface area contributed by atoms with Gasteiger partial charge in [-0.3, -0.25) is 57.5 Å². The van der Waals surface area contributed by atoms with Crippen molar-refractivity contribution in [2.45, 2.75) is 39.1 Å². The molecular formula is C50H54I9N9O22. The van der Waals surface area contributed by atoms with Crippen molar-refractivity contribution >= 4 is 291 Å². The van der Waals surface area contributed by atoms with Gasteiger partial charge in [0, 0.05) is 76.2 Å². The van der Waals surface area contributed by atoms with Gasteiger partial charge in [0.1, 0.15) is 0 Å². The van der Waals surface area contributed by atoms with Crippen LogP contribution in [0.2, 0.25) is 0 Å². The van der Waals surface area contributed by atoms with Crippen LogP contribution in [-0.2, 0) is 43.0 Å². The Morgan fingerprint density at radius 2 is 0.556 bits per heavy atom. The number of aliphatic hydroxyl groups is 7. The van der Waals surface area contributed by atoms with Gasteiger partial charge in [0.05, 0.1) is 117 Å². The molecule has 0 aliphatic heterocycles. The number of amides is 9. The number of esters is 3. The summed E-state index contributed by atoms with van der Waals surface area (Å²) in [4.78, 5) is 161. The zero-order valence-corrected chi connectivity index (χ0v) is 66.0. The molecule has 3 rings (SSSR count). The molecule has 0 spiro atoms. The first-order chi connectivity index (χ1) is 42.1. The van der Waals surface area contributed by atoms with Crippen LogP contribution in [0.3, 0.4) is 0 Å². The predicted octanol–water partition coefficient (Wildman–Crippen LogP) is 0.450. The van der Waals surface area contributed by atoms with Crippen LogP contribution in [0.4, 0.5) is 17.1 Å². The second-order valence-electron chi connectivity index (χ2n) is 18.5. The van der Waals surface area contributed by atoms with Crippen molar-refractivity contribution in [1.29, 1.82) is 0 Å². The monoisotopic (exact) mass is 2270 g/mol. The van der Waals surface area contributed by atoms with E-state index in [2.05, 4.69) is 47.9 Å². The minimum absolute atomic E-state index is 0.00636. The van der Waals surface area contributed by atoms with Gasteiger partial charge in [-0.25, -0.2) is 0 Å². The van der Waals surface area contributed by atoms with Crippen LogP contribution < -0.4 is 47.9 Å². The van der Waals surface area contributed by atoms with E-state index in [-0.39, 0.29) is 82.6 Å². The van der Waals surface area contributed by atoms with Crippen LogP contribution in [0.15, 0.2) is 0 Å². The minimum atomic E-state index is -1.95. The highest BCUT2D eigenvalue weighted by atomic mass is 127. The maximum atomic E-state index is 14.9. The van der Waals surface area contributed by atoms with E-state index in [0.29, 0.717) is 0 Å². The van der Waals surface area contributed by atoms with E-state index < -0.39 is 180 Å². The molecule has 9 amide bonds. The number of hydrogen-bond donors (Lipinski definition) is 16. The Balaban J connectivity index is 2.39. The normalized spacial score (nSPS) is 12.6. The number of ether oxygens (including phenoxy) is 3. The maximum absolute atomic E-state index is 14.9. The molecule has 0 radical (unpaired) electrons. The summed E-state index contributed by atoms with van der Waals surface area (Å²) >= 11 is 15.4. The topological polar surface area (TPSA) is 482 Å². The minimum Gasteiger partial charge on any atom is -0.456 e. The summed E-state index contributed by atoms with van der Waals surface area (Å²) in [7, 11) is 0. The molecule has 16 N–H and O–H groups in total. The molecule has 3 unspecified atom stereocenters. The highest BCUT2D eigenvalue weighted by Gasteiger charge is 2.38. The molecule has 31 nitrogen and oxygen atoms in total. The quantitative estimate of drug-likeness (QED) is 0.0236. The van der Waals surface area contributed by atoms with E-state index in [4.69, 9.17) is 14.2 Å². The van der Waals surface area contributed by atoms with Crippen LogP contribution in [0.25, 0.3) is 0 Å². The lowest BCUT2D eigenvalue weighted by Crippen LogP contribution is -2.54.